The number of carbonyl (C=O) groups excluding carboxylic acids is 2. The number of hydrogen-bond donors (Lipinski definition) is 3. The van der Waals surface area contributed by atoms with Gasteiger partial charge in [-0.2, -0.15) is 0 Å². The highest BCUT2D eigenvalue weighted by atomic mass is 32.2. The summed E-state index contributed by atoms with van der Waals surface area (Å²) >= 11 is 1.08. The first-order chi connectivity index (χ1) is 7.49. The number of anilines is 1. The molecule has 7 heteroatoms. The van der Waals surface area contributed by atoms with Gasteiger partial charge in [0.2, 0.25) is 5.91 Å². The van der Waals surface area contributed by atoms with E-state index in [1.54, 1.807) is 6.07 Å². The molecule has 16 heavy (non-hydrogen) atoms. The van der Waals surface area contributed by atoms with E-state index in [-0.39, 0.29) is 11.4 Å². The summed E-state index contributed by atoms with van der Waals surface area (Å²) in [6.45, 7) is 0. The van der Waals surface area contributed by atoms with Crippen LogP contribution < -0.4 is 16.8 Å². The third-order valence-electron chi connectivity index (χ3n) is 1.60. The normalized spacial score (nSPS) is 9.81. The summed E-state index contributed by atoms with van der Waals surface area (Å²) in [5.74, 6) is -1.10. The van der Waals surface area contributed by atoms with Crippen molar-refractivity contribution in [3.63, 3.8) is 0 Å². The second kappa shape index (κ2) is 5.36. The molecule has 1 aromatic carbocycles. The molecule has 5 nitrogen and oxygen atoms in total. The van der Waals surface area contributed by atoms with Crippen molar-refractivity contribution >= 4 is 29.4 Å². The van der Waals surface area contributed by atoms with Crippen LogP contribution in [0.3, 0.4) is 0 Å². The van der Waals surface area contributed by atoms with Gasteiger partial charge in [-0.15, -0.1) is 11.8 Å². The van der Waals surface area contributed by atoms with Crippen LogP contribution in [0, 0.1) is 5.82 Å². The highest BCUT2D eigenvalue weighted by molar-refractivity contribution is 8.00. The van der Waals surface area contributed by atoms with E-state index < -0.39 is 17.8 Å². The van der Waals surface area contributed by atoms with Crippen molar-refractivity contribution in [1.82, 2.24) is 5.32 Å². The van der Waals surface area contributed by atoms with E-state index in [0.717, 1.165) is 11.8 Å². The molecule has 0 atom stereocenters. The Kier molecular flexibility index (Phi) is 4.12. The quantitative estimate of drug-likeness (QED) is 0.537. The van der Waals surface area contributed by atoms with Crippen LogP contribution in [0.2, 0.25) is 0 Å². The van der Waals surface area contributed by atoms with Crippen LogP contribution in [0.25, 0.3) is 0 Å². The van der Waals surface area contributed by atoms with Crippen LogP contribution in [0.5, 0.6) is 0 Å². The Morgan fingerprint density at radius 3 is 2.69 bits per heavy atom. The number of halogens is 1. The molecule has 1 aromatic rings. The zero-order valence-electron chi connectivity index (χ0n) is 8.20. The van der Waals surface area contributed by atoms with Crippen molar-refractivity contribution in [1.29, 1.82) is 0 Å². The third-order valence-corrected chi connectivity index (χ3v) is 2.60. The second-order valence-electron chi connectivity index (χ2n) is 2.88. The van der Waals surface area contributed by atoms with Gasteiger partial charge in [0.05, 0.1) is 11.4 Å². The molecule has 0 aliphatic heterocycles. The summed E-state index contributed by atoms with van der Waals surface area (Å²) in [6, 6.07) is 3.30. The van der Waals surface area contributed by atoms with Crippen LogP contribution in [-0.4, -0.2) is 17.7 Å². The molecule has 3 amide bonds. The first kappa shape index (κ1) is 12.3. The molecule has 0 spiro atoms. The lowest BCUT2D eigenvalue weighted by Crippen LogP contribution is -2.36. The number of hydrogen-bond acceptors (Lipinski definition) is 4. The number of nitrogens with one attached hydrogen (secondary N) is 1. The lowest BCUT2D eigenvalue weighted by molar-refractivity contribution is -0.117. The van der Waals surface area contributed by atoms with E-state index >= 15 is 0 Å². The highest BCUT2D eigenvalue weighted by Gasteiger charge is 2.06. The molecule has 5 N–H and O–H groups in total. The average Bonchev–Trinajstić information content (AvgIpc) is 2.19. The van der Waals surface area contributed by atoms with Gasteiger partial charge in [0.1, 0.15) is 5.82 Å². The number of nitrogens with two attached hydrogens (primary N) is 2. The van der Waals surface area contributed by atoms with Gasteiger partial charge in [0, 0.05) is 4.90 Å². The third kappa shape index (κ3) is 3.77. The Labute approximate surface area is 95.4 Å². The molecule has 0 aliphatic carbocycles. The number of thioether (sulfide) groups is 1. The van der Waals surface area contributed by atoms with Crippen molar-refractivity contribution in [2.24, 2.45) is 5.73 Å². The molecule has 0 saturated heterocycles. The first-order valence-electron chi connectivity index (χ1n) is 4.26. The summed E-state index contributed by atoms with van der Waals surface area (Å²) in [4.78, 5) is 21.9. The molecule has 0 unspecified atom stereocenters. The summed E-state index contributed by atoms with van der Waals surface area (Å²) < 4.78 is 13.0. The SMILES string of the molecule is NC(=O)NC(=O)CSc1ccc(N)c(F)c1. The minimum atomic E-state index is -0.908. The lowest BCUT2D eigenvalue weighted by atomic mass is 10.3. The van der Waals surface area contributed by atoms with E-state index in [1.807, 2.05) is 5.32 Å². The maximum Gasteiger partial charge on any atom is 0.318 e. The summed E-state index contributed by atoms with van der Waals surface area (Å²) in [7, 11) is 0. The largest absolute Gasteiger partial charge is 0.396 e. The minimum absolute atomic E-state index is 0.0215. The summed E-state index contributed by atoms with van der Waals surface area (Å²) in [5.41, 5.74) is 10.1. The van der Waals surface area contributed by atoms with Crippen molar-refractivity contribution in [2.75, 3.05) is 11.5 Å². The predicted octanol–water partition coefficient (Wildman–Crippen LogP) is 0.695. The molecule has 0 radical (unpaired) electrons. The van der Waals surface area contributed by atoms with Crippen LogP contribution in [-0.2, 0) is 4.79 Å². The molecular weight excluding hydrogens is 233 g/mol. The van der Waals surface area contributed by atoms with Crippen LogP contribution in [0.15, 0.2) is 23.1 Å². The molecule has 0 bridgehead atoms. The topological polar surface area (TPSA) is 98.2 Å². The molecule has 1 rings (SSSR count). The number of rotatable bonds is 3. The summed E-state index contributed by atoms with van der Waals surface area (Å²) in [6.07, 6.45) is 0. The highest BCUT2D eigenvalue weighted by Crippen LogP contribution is 2.21. The Morgan fingerprint density at radius 1 is 1.44 bits per heavy atom. The molecule has 0 saturated carbocycles. The van der Waals surface area contributed by atoms with E-state index in [0.29, 0.717) is 4.90 Å². The van der Waals surface area contributed by atoms with Crippen molar-refractivity contribution in [3.8, 4) is 0 Å². The van der Waals surface area contributed by atoms with Gasteiger partial charge in [-0.05, 0) is 18.2 Å². The van der Waals surface area contributed by atoms with Gasteiger partial charge in [-0.3, -0.25) is 10.1 Å². The number of imide groups is 1. The zero-order chi connectivity index (χ0) is 12.1. The van der Waals surface area contributed by atoms with Crippen LogP contribution >= 0.6 is 11.8 Å². The maximum atomic E-state index is 13.0. The van der Waals surface area contributed by atoms with Gasteiger partial charge in [-0.1, -0.05) is 0 Å². The molecule has 0 aliphatic rings. The Morgan fingerprint density at radius 2 is 2.12 bits per heavy atom. The van der Waals surface area contributed by atoms with Gasteiger partial charge >= 0.3 is 6.03 Å². The van der Waals surface area contributed by atoms with Crippen LogP contribution in [0.1, 0.15) is 0 Å². The maximum absolute atomic E-state index is 13.0. The predicted molar refractivity (Wildman–Crippen MR) is 59.3 cm³/mol. The molecular formula is C9H10FN3O2S. The number of primary amides is 1. The summed E-state index contributed by atoms with van der Waals surface area (Å²) in [5, 5.41) is 1.90. The molecule has 86 valence electrons. The van der Waals surface area contributed by atoms with Crippen molar-refractivity contribution in [2.45, 2.75) is 4.90 Å². The van der Waals surface area contributed by atoms with E-state index in [9.17, 15) is 14.0 Å². The Bertz CT molecular complexity index is 425. The Hall–Kier alpha value is -1.76. The number of benzene rings is 1. The number of amides is 3. The van der Waals surface area contributed by atoms with E-state index in [1.165, 1.54) is 12.1 Å². The fraction of sp³-hybridized carbons (Fsp3) is 0.111. The van der Waals surface area contributed by atoms with Gasteiger partial charge in [0.25, 0.3) is 0 Å². The Balaban J connectivity index is 2.51. The zero-order valence-corrected chi connectivity index (χ0v) is 9.01. The number of nitrogen functional groups attached to an aromatic ring is 1. The van der Waals surface area contributed by atoms with Gasteiger partial charge in [0.15, 0.2) is 0 Å². The van der Waals surface area contributed by atoms with E-state index in [2.05, 4.69) is 0 Å². The second-order valence-corrected chi connectivity index (χ2v) is 3.93. The smallest absolute Gasteiger partial charge is 0.318 e. The van der Waals surface area contributed by atoms with E-state index in [4.69, 9.17) is 11.5 Å². The van der Waals surface area contributed by atoms with Crippen LogP contribution in [0.4, 0.5) is 14.9 Å². The molecule has 0 aromatic heterocycles. The molecule has 0 heterocycles. The number of urea groups is 1. The fourth-order valence-corrected chi connectivity index (χ4v) is 1.64. The first-order valence-corrected chi connectivity index (χ1v) is 5.24. The lowest BCUT2D eigenvalue weighted by Gasteiger charge is -2.02. The monoisotopic (exact) mass is 243 g/mol. The number of carbonyl (C=O) groups is 2. The fourth-order valence-electron chi connectivity index (χ4n) is 0.920. The molecule has 0 fully saturated rings. The van der Waals surface area contributed by atoms with Crippen molar-refractivity contribution in [3.05, 3.63) is 24.0 Å². The van der Waals surface area contributed by atoms with Gasteiger partial charge < -0.3 is 11.5 Å². The van der Waals surface area contributed by atoms with Crippen molar-refractivity contribution < 1.29 is 14.0 Å². The average molecular weight is 243 g/mol. The standard InChI is InChI=1S/C9H10FN3O2S/c10-6-3-5(1-2-7(6)11)16-4-8(14)13-9(12)15/h1-3H,4,11H2,(H3,12,13,14,15). The van der Waals surface area contributed by atoms with Gasteiger partial charge in [-0.25, -0.2) is 9.18 Å². The minimum Gasteiger partial charge on any atom is -0.396 e.